The summed E-state index contributed by atoms with van der Waals surface area (Å²) in [5.41, 5.74) is 0.743. The zero-order valence-corrected chi connectivity index (χ0v) is 11.8. The quantitative estimate of drug-likeness (QED) is 0.821. The van der Waals surface area contributed by atoms with Crippen molar-refractivity contribution in [2.24, 2.45) is 0 Å². The van der Waals surface area contributed by atoms with E-state index in [4.69, 9.17) is 0 Å². The minimum atomic E-state index is -3.69. The van der Waals surface area contributed by atoms with Crippen molar-refractivity contribution in [3.05, 3.63) is 54.6 Å². The average Bonchev–Trinajstić information content (AvgIpc) is 2.39. The molecule has 0 bridgehead atoms. The fraction of sp³-hybridized carbons (Fsp3) is 0. The summed E-state index contributed by atoms with van der Waals surface area (Å²) in [7, 11) is -3.69. The highest BCUT2D eigenvalue weighted by molar-refractivity contribution is 7.92. The molecule has 2 aromatic carbocycles. The van der Waals surface area contributed by atoms with Crippen LogP contribution < -0.4 is 9.44 Å². The summed E-state index contributed by atoms with van der Waals surface area (Å²) in [6.45, 7) is 0. The highest BCUT2D eigenvalue weighted by Gasteiger charge is 2.13. The van der Waals surface area contributed by atoms with Crippen LogP contribution in [0.3, 0.4) is 0 Å². The van der Waals surface area contributed by atoms with Gasteiger partial charge >= 0.3 is 0 Å². The van der Waals surface area contributed by atoms with E-state index < -0.39 is 21.3 Å². The Balaban J connectivity index is 2.19. The molecule has 0 spiro atoms. The zero-order chi connectivity index (χ0) is 14.6. The molecule has 1 atom stereocenters. The number of nitrogens with one attached hydrogen (secondary N) is 2. The second kappa shape index (κ2) is 6.04. The number of hydrogen-bond donors (Lipinski definition) is 2. The fourth-order valence-corrected chi connectivity index (χ4v) is 2.91. The van der Waals surface area contributed by atoms with Crippen molar-refractivity contribution in [1.82, 2.24) is 0 Å². The number of anilines is 2. The summed E-state index contributed by atoms with van der Waals surface area (Å²) in [5.74, 6) is 0. The van der Waals surface area contributed by atoms with Gasteiger partial charge in [-0.2, -0.15) is 0 Å². The molecule has 6 nitrogen and oxygen atoms in total. The van der Waals surface area contributed by atoms with Crippen molar-refractivity contribution in [2.75, 3.05) is 9.44 Å². The topological polar surface area (TPSA) is 98.3 Å². The van der Waals surface area contributed by atoms with Crippen LogP contribution in [0.2, 0.25) is 0 Å². The monoisotopic (exact) mass is 311 g/mol. The van der Waals surface area contributed by atoms with Gasteiger partial charge in [-0.05, 0) is 36.4 Å². The van der Waals surface area contributed by atoms with Gasteiger partial charge in [0.05, 0.1) is 4.90 Å². The Morgan fingerprint density at radius 3 is 2.05 bits per heavy atom. The van der Waals surface area contributed by atoms with Crippen LogP contribution in [0.5, 0.6) is 0 Å². The predicted molar refractivity (Wildman–Crippen MR) is 76.2 cm³/mol. The highest BCUT2D eigenvalue weighted by atomic mass is 32.2. The minimum Gasteiger partial charge on any atom is -0.755 e. The summed E-state index contributed by atoms with van der Waals surface area (Å²) >= 11 is -2.44. The number of benzene rings is 2. The Kier molecular flexibility index (Phi) is 4.38. The van der Waals surface area contributed by atoms with E-state index in [2.05, 4.69) is 9.44 Å². The van der Waals surface area contributed by atoms with Crippen LogP contribution in [0.15, 0.2) is 59.5 Å². The van der Waals surface area contributed by atoms with E-state index in [1.54, 1.807) is 30.3 Å². The lowest BCUT2D eigenvalue weighted by Crippen LogP contribution is -2.13. The highest BCUT2D eigenvalue weighted by Crippen LogP contribution is 2.18. The Morgan fingerprint density at radius 2 is 1.50 bits per heavy atom. The van der Waals surface area contributed by atoms with Crippen molar-refractivity contribution >= 4 is 32.7 Å². The van der Waals surface area contributed by atoms with Crippen LogP contribution in [0, 0.1) is 0 Å². The molecule has 0 radical (unpaired) electrons. The van der Waals surface area contributed by atoms with E-state index in [1.807, 2.05) is 0 Å². The van der Waals surface area contributed by atoms with Gasteiger partial charge in [0.1, 0.15) is 0 Å². The summed E-state index contributed by atoms with van der Waals surface area (Å²) in [4.78, 5) is 0.0450. The average molecular weight is 311 g/mol. The van der Waals surface area contributed by atoms with E-state index >= 15 is 0 Å². The summed E-state index contributed by atoms with van der Waals surface area (Å²) in [5, 5.41) is 0. The molecule has 8 heteroatoms. The second-order valence-corrected chi connectivity index (χ2v) is 6.19. The van der Waals surface area contributed by atoms with Crippen LogP contribution in [0.1, 0.15) is 0 Å². The third-order valence-corrected chi connectivity index (χ3v) is 4.19. The van der Waals surface area contributed by atoms with E-state index in [0.717, 1.165) is 0 Å². The SMILES string of the molecule is O=S([O-])Nc1ccc(S(=O)(=O)Nc2ccccc2)cc1. The lowest BCUT2D eigenvalue weighted by Gasteiger charge is -2.10. The standard InChI is InChI=1S/C12H12N2O4S2/c15-19(16)13-10-6-8-12(9-7-10)20(17,18)14-11-4-2-1-3-5-11/h1-9,13-14H,(H,15,16)/p-1. The van der Waals surface area contributed by atoms with Crippen LogP contribution in [-0.4, -0.2) is 17.2 Å². The van der Waals surface area contributed by atoms with Gasteiger partial charge in [0.25, 0.3) is 10.0 Å². The molecule has 2 rings (SSSR count). The summed E-state index contributed by atoms with van der Waals surface area (Å²) < 4.78 is 49.6. The van der Waals surface area contributed by atoms with E-state index in [0.29, 0.717) is 5.69 Å². The summed E-state index contributed by atoms with van der Waals surface area (Å²) in [6, 6.07) is 13.9. The van der Waals surface area contributed by atoms with Crippen molar-refractivity contribution < 1.29 is 17.2 Å². The molecule has 106 valence electrons. The number of rotatable bonds is 5. The first kappa shape index (κ1) is 14.5. The Hall–Kier alpha value is -1.90. The molecule has 0 aliphatic heterocycles. The van der Waals surface area contributed by atoms with Crippen molar-refractivity contribution in [1.29, 1.82) is 0 Å². The molecule has 0 heterocycles. The van der Waals surface area contributed by atoms with E-state index in [-0.39, 0.29) is 10.6 Å². The first-order valence-corrected chi connectivity index (χ1v) is 8.07. The van der Waals surface area contributed by atoms with Gasteiger partial charge in [0, 0.05) is 22.6 Å². The normalized spacial score (nSPS) is 12.7. The molecule has 0 saturated heterocycles. The molecule has 0 aliphatic rings. The molecule has 0 fully saturated rings. The van der Waals surface area contributed by atoms with Gasteiger partial charge in [-0.3, -0.25) is 8.93 Å². The molecule has 2 aromatic rings. The van der Waals surface area contributed by atoms with Gasteiger partial charge in [-0.15, -0.1) is 0 Å². The Morgan fingerprint density at radius 1 is 0.900 bits per heavy atom. The molecule has 1 unspecified atom stereocenters. The largest absolute Gasteiger partial charge is 0.755 e. The Labute approximate surface area is 119 Å². The molecule has 0 amide bonds. The third-order valence-electron chi connectivity index (χ3n) is 2.39. The summed E-state index contributed by atoms with van der Waals surface area (Å²) in [6.07, 6.45) is 0. The lowest BCUT2D eigenvalue weighted by atomic mass is 10.3. The molecular formula is C12H11N2O4S2-. The maximum absolute atomic E-state index is 12.1. The first-order valence-electron chi connectivity index (χ1n) is 5.51. The number of sulfonamides is 1. The van der Waals surface area contributed by atoms with E-state index in [9.17, 15) is 17.2 Å². The van der Waals surface area contributed by atoms with Crippen molar-refractivity contribution in [3.63, 3.8) is 0 Å². The Bertz CT molecular complexity index is 700. The van der Waals surface area contributed by atoms with Gasteiger partial charge < -0.3 is 9.27 Å². The van der Waals surface area contributed by atoms with Gasteiger partial charge in [0.2, 0.25) is 0 Å². The predicted octanol–water partition coefficient (Wildman–Crippen LogP) is 1.69. The molecule has 0 aromatic heterocycles. The fourth-order valence-electron chi connectivity index (χ4n) is 1.52. The maximum Gasteiger partial charge on any atom is 0.261 e. The van der Waals surface area contributed by atoms with Crippen LogP contribution in [0.25, 0.3) is 0 Å². The first-order chi connectivity index (χ1) is 9.47. The van der Waals surface area contributed by atoms with Crippen molar-refractivity contribution in [2.45, 2.75) is 4.90 Å². The van der Waals surface area contributed by atoms with Gasteiger partial charge in [0.15, 0.2) is 0 Å². The third kappa shape index (κ3) is 3.80. The minimum absolute atomic E-state index is 0.0450. The van der Waals surface area contributed by atoms with Crippen LogP contribution in [0.4, 0.5) is 11.4 Å². The molecule has 20 heavy (non-hydrogen) atoms. The number of para-hydroxylation sites is 1. The second-order valence-electron chi connectivity index (χ2n) is 3.83. The van der Waals surface area contributed by atoms with Gasteiger partial charge in [-0.1, -0.05) is 18.2 Å². The zero-order valence-electron chi connectivity index (χ0n) is 10.1. The van der Waals surface area contributed by atoms with Gasteiger partial charge in [-0.25, -0.2) is 8.42 Å². The molecule has 0 saturated carbocycles. The smallest absolute Gasteiger partial charge is 0.261 e. The van der Waals surface area contributed by atoms with E-state index in [1.165, 1.54) is 24.3 Å². The lowest BCUT2D eigenvalue weighted by molar-refractivity contribution is 0.542. The molecule has 2 N–H and O–H groups in total. The molecule has 0 aliphatic carbocycles. The van der Waals surface area contributed by atoms with Crippen LogP contribution in [-0.2, 0) is 21.3 Å². The number of hydrogen-bond acceptors (Lipinski definition) is 4. The van der Waals surface area contributed by atoms with Crippen molar-refractivity contribution in [3.8, 4) is 0 Å². The maximum atomic E-state index is 12.1. The van der Waals surface area contributed by atoms with Crippen LogP contribution >= 0.6 is 0 Å². The molecular weight excluding hydrogens is 300 g/mol.